The summed E-state index contributed by atoms with van der Waals surface area (Å²) in [6, 6.07) is 1.81. The first-order valence-electron chi connectivity index (χ1n) is 8.05. The zero-order chi connectivity index (χ0) is 19.2. The Hall–Kier alpha value is -2.23. The topological polar surface area (TPSA) is 124 Å². The number of benzene rings is 1. The second-order valence-electron chi connectivity index (χ2n) is 5.79. The van der Waals surface area contributed by atoms with Crippen molar-refractivity contribution in [2.45, 2.75) is 44.4 Å². The summed E-state index contributed by atoms with van der Waals surface area (Å²) >= 11 is 0. The number of nitro groups is 2. The van der Waals surface area contributed by atoms with Gasteiger partial charge in [-0.3, -0.25) is 20.2 Å². The van der Waals surface area contributed by atoms with E-state index in [2.05, 4.69) is 0 Å². The summed E-state index contributed by atoms with van der Waals surface area (Å²) in [4.78, 5) is 22.6. The number of sulfone groups is 1. The Morgan fingerprint density at radius 1 is 0.960 bits per heavy atom. The van der Waals surface area contributed by atoms with Crippen LogP contribution in [0.25, 0.3) is 0 Å². The van der Waals surface area contributed by atoms with Crippen molar-refractivity contribution in [2.75, 3.05) is 24.2 Å². The molecule has 1 rings (SSSR count). The average molecular weight is 373 g/mol. The van der Waals surface area contributed by atoms with E-state index in [0.29, 0.717) is 25.9 Å². The smallest absolute Gasteiger partial charge is 0.300 e. The number of nitrogens with zero attached hydrogens (tertiary/aromatic N) is 3. The molecular weight excluding hydrogens is 350 g/mol. The lowest BCUT2D eigenvalue weighted by Gasteiger charge is -2.24. The predicted molar refractivity (Wildman–Crippen MR) is 94.9 cm³/mol. The van der Waals surface area contributed by atoms with Gasteiger partial charge < -0.3 is 4.90 Å². The Morgan fingerprint density at radius 3 is 1.64 bits per heavy atom. The monoisotopic (exact) mass is 373 g/mol. The third-order valence-corrected chi connectivity index (χ3v) is 4.84. The summed E-state index contributed by atoms with van der Waals surface area (Å²) in [7, 11) is -3.82. The van der Waals surface area contributed by atoms with Crippen molar-refractivity contribution in [1.29, 1.82) is 0 Å². The molecule has 1 aromatic rings. The van der Waals surface area contributed by atoms with Crippen molar-refractivity contribution in [2.24, 2.45) is 0 Å². The summed E-state index contributed by atoms with van der Waals surface area (Å²) in [6.45, 7) is 4.76. The lowest BCUT2D eigenvalue weighted by Crippen LogP contribution is -2.27. The van der Waals surface area contributed by atoms with Crippen molar-refractivity contribution >= 4 is 26.9 Å². The molecule has 0 aliphatic rings. The van der Waals surface area contributed by atoms with Crippen molar-refractivity contribution < 1.29 is 18.3 Å². The minimum absolute atomic E-state index is 0.121. The zero-order valence-electron chi connectivity index (χ0n) is 14.6. The van der Waals surface area contributed by atoms with Gasteiger partial charge in [0.05, 0.1) is 14.7 Å². The lowest BCUT2D eigenvalue weighted by molar-refractivity contribution is -0.393. The molecule has 0 fully saturated rings. The van der Waals surface area contributed by atoms with Gasteiger partial charge in [-0.25, -0.2) is 8.42 Å². The van der Waals surface area contributed by atoms with Gasteiger partial charge in [0.1, 0.15) is 0 Å². The Labute approximate surface area is 146 Å². The van der Waals surface area contributed by atoms with E-state index in [-0.39, 0.29) is 5.69 Å². The maximum absolute atomic E-state index is 11.7. The summed E-state index contributed by atoms with van der Waals surface area (Å²) in [6.07, 6.45) is 3.94. The van der Waals surface area contributed by atoms with Crippen LogP contribution in [0.2, 0.25) is 0 Å². The molecule has 0 atom stereocenters. The van der Waals surface area contributed by atoms with Gasteiger partial charge in [-0.05, 0) is 12.8 Å². The molecule has 0 aliphatic carbocycles. The van der Waals surface area contributed by atoms with Crippen LogP contribution in [0.15, 0.2) is 17.0 Å². The van der Waals surface area contributed by atoms with Gasteiger partial charge >= 0.3 is 11.4 Å². The normalized spacial score (nSPS) is 11.3. The molecule has 1 aromatic carbocycles. The molecule has 0 saturated heterocycles. The summed E-state index contributed by atoms with van der Waals surface area (Å²) < 4.78 is 23.5. The summed E-state index contributed by atoms with van der Waals surface area (Å²) in [5, 5.41) is 23.0. The van der Waals surface area contributed by atoms with Crippen molar-refractivity contribution in [3.05, 3.63) is 32.4 Å². The molecule has 0 heterocycles. The van der Waals surface area contributed by atoms with E-state index in [4.69, 9.17) is 0 Å². The first kappa shape index (κ1) is 20.8. The zero-order valence-corrected chi connectivity index (χ0v) is 15.4. The highest BCUT2D eigenvalue weighted by atomic mass is 32.2. The molecule has 0 radical (unpaired) electrons. The third-order valence-electron chi connectivity index (χ3n) is 3.74. The molecule has 0 N–H and O–H groups in total. The molecule has 0 spiro atoms. The number of hydrogen-bond acceptors (Lipinski definition) is 7. The van der Waals surface area contributed by atoms with Crippen LogP contribution in [0.4, 0.5) is 17.1 Å². The van der Waals surface area contributed by atoms with Crippen LogP contribution in [-0.2, 0) is 9.84 Å². The number of nitro benzene ring substituents is 2. The highest BCUT2D eigenvalue weighted by molar-refractivity contribution is 7.90. The maximum atomic E-state index is 11.7. The van der Waals surface area contributed by atoms with Gasteiger partial charge in [-0.15, -0.1) is 0 Å². The number of anilines is 1. The number of rotatable bonds is 10. The fourth-order valence-electron chi connectivity index (χ4n) is 2.43. The van der Waals surface area contributed by atoms with E-state index >= 15 is 0 Å². The lowest BCUT2D eigenvalue weighted by atomic mass is 10.1. The van der Waals surface area contributed by atoms with Crippen molar-refractivity contribution in [3.8, 4) is 0 Å². The second-order valence-corrected chi connectivity index (χ2v) is 7.81. The van der Waals surface area contributed by atoms with Crippen LogP contribution in [0.3, 0.4) is 0 Å². The molecule has 25 heavy (non-hydrogen) atoms. The van der Waals surface area contributed by atoms with Gasteiger partial charge in [0, 0.05) is 31.5 Å². The molecule has 0 aliphatic heterocycles. The number of unbranched alkanes of at least 4 members (excludes halogenated alkanes) is 2. The van der Waals surface area contributed by atoms with Crippen LogP contribution in [0, 0.1) is 20.2 Å². The van der Waals surface area contributed by atoms with E-state index in [9.17, 15) is 28.6 Å². The molecule has 0 saturated carbocycles. The van der Waals surface area contributed by atoms with Crippen molar-refractivity contribution in [1.82, 2.24) is 0 Å². The van der Waals surface area contributed by atoms with E-state index in [1.165, 1.54) is 0 Å². The van der Waals surface area contributed by atoms with Gasteiger partial charge in [0.15, 0.2) is 15.5 Å². The average Bonchev–Trinajstić information content (AvgIpc) is 2.53. The molecule has 9 nitrogen and oxygen atoms in total. The largest absolute Gasteiger partial charge is 0.360 e. The van der Waals surface area contributed by atoms with Gasteiger partial charge in [-0.1, -0.05) is 26.7 Å². The highest BCUT2D eigenvalue weighted by Gasteiger charge is 2.32. The van der Waals surface area contributed by atoms with Crippen LogP contribution < -0.4 is 4.90 Å². The van der Waals surface area contributed by atoms with Gasteiger partial charge in [-0.2, -0.15) is 0 Å². The minimum Gasteiger partial charge on any atom is -0.360 e. The summed E-state index contributed by atoms with van der Waals surface area (Å²) in [5.74, 6) is 0. The first-order chi connectivity index (χ1) is 11.6. The Bertz CT molecular complexity index is 705. The highest BCUT2D eigenvalue weighted by Crippen LogP contribution is 2.40. The van der Waals surface area contributed by atoms with Gasteiger partial charge in [0.25, 0.3) is 0 Å². The molecule has 0 bridgehead atoms. The Morgan fingerprint density at radius 2 is 1.36 bits per heavy atom. The molecule has 140 valence electrons. The van der Waals surface area contributed by atoms with E-state index in [0.717, 1.165) is 31.2 Å². The standard InChI is InChI=1S/C15H23N3O6S/c1-4-6-8-16(9-7-5-2)15-13(17(19)20)10-12(25(3,23)24)11-14(15)18(21)22/h10-11H,4-9H2,1-3H3. The fraction of sp³-hybridized carbons (Fsp3) is 0.600. The predicted octanol–water partition coefficient (Wildman–Crippen LogP) is 3.31. The minimum atomic E-state index is -3.82. The third kappa shape index (κ3) is 5.38. The van der Waals surface area contributed by atoms with E-state index < -0.39 is 36.0 Å². The molecule has 0 aromatic heterocycles. The van der Waals surface area contributed by atoms with E-state index in [1.807, 2.05) is 13.8 Å². The molecule has 0 amide bonds. The molecule has 10 heteroatoms. The molecule has 0 unspecified atom stereocenters. The van der Waals surface area contributed by atoms with E-state index in [1.54, 1.807) is 4.90 Å². The fourth-order valence-corrected chi connectivity index (χ4v) is 3.08. The maximum Gasteiger partial charge on any atom is 0.300 e. The SMILES string of the molecule is CCCCN(CCCC)c1c([N+](=O)[O-])cc(S(C)(=O)=O)cc1[N+](=O)[O-]. The quantitative estimate of drug-likeness (QED) is 0.455. The van der Waals surface area contributed by atoms with Crippen LogP contribution in [-0.4, -0.2) is 37.6 Å². The van der Waals surface area contributed by atoms with Crippen molar-refractivity contribution in [3.63, 3.8) is 0 Å². The van der Waals surface area contributed by atoms with Crippen LogP contribution in [0.5, 0.6) is 0 Å². The Balaban J connectivity index is 3.67. The second kappa shape index (κ2) is 8.75. The van der Waals surface area contributed by atoms with Gasteiger partial charge in [0.2, 0.25) is 0 Å². The van der Waals surface area contributed by atoms with Crippen LogP contribution >= 0.6 is 0 Å². The number of hydrogen-bond donors (Lipinski definition) is 0. The Kier molecular flexibility index (Phi) is 7.28. The van der Waals surface area contributed by atoms with Crippen LogP contribution in [0.1, 0.15) is 39.5 Å². The summed E-state index contributed by atoms with van der Waals surface area (Å²) in [5.41, 5.74) is -1.23. The first-order valence-corrected chi connectivity index (χ1v) is 9.94. The molecular formula is C15H23N3O6S.